The summed E-state index contributed by atoms with van der Waals surface area (Å²) in [6.45, 7) is 5.72. The zero-order chi connectivity index (χ0) is 16.2. The van der Waals surface area contributed by atoms with Gasteiger partial charge in [0.25, 0.3) is 0 Å². The van der Waals surface area contributed by atoms with Gasteiger partial charge in [-0.3, -0.25) is 4.55 Å². The van der Waals surface area contributed by atoms with Crippen LogP contribution in [0.2, 0.25) is 0 Å². The summed E-state index contributed by atoms with van der Waals surface area (Å²) >= 11 is 0. The quantitative estimate of drug-likeness (QED) is 0.305. The highest BCUT2D eigenvalue weighted by Crippen LogP contribution is 2.40. The SMILES string of the molecule is C=C(C)COC(C)OCCC(F)(F)C(F)(F)S(=O)(=O)O. The minimum absolute atomic E-state index is 0.0960. The Hall–Kier alpha value is -0.710. The predicted molar refractivity (Wildman–Crippen MR) is 62.2 cm³/mol. The maximum Gasteiger partial charge on any atom is 0.431 e. The molecule has 0 fully saturated rings. The second-order valence-electron chi connectivity index (χ2n) is 4.15. The van der Waals surface area contributed by atoms with Gasteiger partial charge < -0.3 is 9.47 Å². The molecule has 10 heteroatoms. The van der Waals surface area contributed by atoms with Crippen molar-refractivity contribution in [1.82, 2.24) is 0 Å². The standard InChI is InChI=1S/C10H16F4O5S/c1-7(2)6-19-8(3)18-5-4-9(11,12)10(13,14)20(15,16)17/h8H,1,4-6H2,2-3H3,(H,15,16,17). The molecule has 0 aliphatic carbocycles. The molecule has 0 aromatic heterocycles. The van der Waals surface area contributed by atoms with Crippen molar-refractivity contribution in [3.63, 3.8) is 0 Å². The topological polar surface area (TPSA) is 72.8 Å². The van der Waals surface area contributed by atoms with E-state index in [1.807, 2.05) is 0 Å². The Morgan fingerprint density at radius 3 is 2.20 bits per heavy atom. The Morgan fingerprint density at radius 1 is 1.30 bits per heavy atom. The Bertz CT molecular complexity index is 435. The van der Waals surface area contributed by atoms with E-state index in [4.69, 9.17) is 9.29 Å². The summed E-state index contributed by atoms with van der Waals surface area (Å²) in [5.74, 6) is -4.96. The molecule has 120 valence electrons. The molecule has 0 saturated carbocycles. The molecule has 5 nitrogen and oxygen atoms in total. The van der Waals surface area contributed by atoms with Gasteiger partial charge in [-0.2, -0.15) is 26.0 Å². The number of ether oxygens (including phenoxy) is 2. The van der Waals surface area contributed by atoms with E-state index in [9.17, 15) is 26.0 Å². The highest BCUT2D eigenvalue weighted by atomic mass is 32.2. The molecule has 20 heavy (non-hydrogen) atoms. The van der Waals surface area contributed by atoms with E-state index in [1.54, 1.807) is 6.92 Å². The Kier molecular flexibility index (Phi) is 6.59. The summed E-state index contributed by atoms with van der Waals surface area (Å²) in [5.41, 5.74) is 0.642. The maximum atomic E-state index is 13.0. The molecule has 1 unspecified atom stereocenters. The van der Waals surface area contributed by atoms with Gasteiger partial charge in [-0.05, 0) is 13.8 Å². The largest absolute Gasteiger partial charge is 0.431 e. The van der Waals surface area contributed by atoms with Crippen LogP contribution in [0.3, 0.4) is 0 Å². The number of alkyl halides is 4. The lowest BCUT2D eigenvalue weighted by Crippen LogP contribution is -2.47. The van der Waals surface area contributed by atoms with E-state index < -0.39 is 40.6 Å². The molecule has 0 aromatic rings. The van der Waals surface area contributed by atoms with E-state index in [0.29, 0.717) is 5.57 Å². The minimum atomic E-state index is -6.21. The molecule has 0 heterocycles. The van der Waals surface area contributed by atoms with Crippen LogP contribution >= 0.6 is 0 Å². The molecule has 0 rings (SSSR count). The third-order valence-corrected chi connectivity index (χ3v) is 3.03. The predicted octanol–water partition coefficient (Wildman–Crippen LogP) is 2.45. The second kappa shape index (κ2) is 6.83. The molecule has 0 radical (unpaired) electrons. The zero-order valence-electron chi connectivity index (χ0n) is 10.9. The van der Waals surface area contributed by atoms with Crippen molar-refractivity contribution in [3.8, 4) is 0 Å². The van der Waals surface area contributed by atoms with Gasteiger partial charge in [0.1, 0.15) is 0 Å². The van der Waals surface area contributed by atoms with Crippen LogP contribution < -0.4 is 0 Å². The first kappa shape index (κ1) is 19.3. The monoisotopic (exact) mass is 324 g/mol. The van der Waals surface area contributed by atoms with E-state index in [-0.39, 0.29) is 6.61 Å². The van der Waals surface area contributed by atoms with Gasteiger partial charge in [0.05, 0.1) is 13.2 Å². The van der Waals surface area contributed by atoms with Crippen molar-refractivity contribution < 1.29 is 40.0 Å². The van der Waals surface area contributed by atoms with Gasteiger partial charge in [0.2, 0.25) is 0 Å². The number of hydrogen-bond donors (Lipinski definition) is 1. The first-order valence-electron chi connectivity index (χ1n) is 5.41. The van der Waals surface area contributed by atoms with Gasteiger partial charge in [-0.1, -0.05) is 12.2 Å². The van der Waals surface area contributed by atoms with E-state index in [0.717, 1.165) is 0 Å². The van der Waals surface area contributed by atoms with Crippen LogP contribution in [0, 0.1) is 0 Å². The van der Waals surface area contributed by atoms with Crippen molar-refractivity contribution in [2.24, 2.45) is 0 Å². The average molecular weight is 324 g/mol. The van der Waals surface area contributed by atoms with Crippen LogP contribution in [-0.2, 0) is 19.6 Å². The first-order valence-corrected chi connectivity index (χ1v) is 6.85. The zero-order valence-corrected chi connectivity index (χ0v) is 11.7. The molecule has 0 amide bonds. The van der Waals surface area contributed by atoms with Gasteiger partial charge in [0, 0.05) is 6.42 Å². The summed E-state index contributed by atoms with van der Waals surface area (Å²) in [7, 11) is -6.21. The van der Waals surface area contributed by atoms with Crippen molar-refractivity contribution >= 4 is 10.1 Å². The summed E-state index contributed by atoms with van der Waals surface area (Å²) in [5, 5.41) is -5.58. The van der Waals surface area contributed by atoms with Crippen LogP contribution in [0.1, 0.15) is 20.3 Å². The molecule has 0 aromatic carbocycles. The molecule has 0 saturated heterocycles. The Morgan fingerprint density at radius 2 is 1.80 bits per heavy atom. The lowest BCUT2D eigenvalue weighted by atomic mass is 10.2. The molecule has 0 aliphatic rings. The van der Waals surface area contributed by atoms with E-state index in [1.165, 1.54) is 6.92 Å². The third-order valence-electron chi connectivity index (χ3n) is 2.08. The summed E-state index contributed by atoms with van der Waals surface area (Å²) in [6.07, 6.45) is -2.55. The van der Waals surface area contributed by atoms with Crippen LogP contribution in [0.4, 0.5) is 17.6 Å². The van der Waals surface area contributed by atoms with E-state index >= 15 is 0 Å². The fraction of sp³-hybridized carbons (Fsp3) is 0.800. The van der Waals surface area contributed by atoms with Gasteiger partial charge in [0.15, 0.2) is 6.29 Å². The Labute approximate surface area is 114 Å². The molecule has 0 bridgehead atoms. The summed E-state index contributed by atoms with van der Waals surface area (Å²) < 4.78 is 89.9. The average Bonchev–Trinajstić information content (AvgIpc) is 2.24. The smallest absolute Gasteiger partial charge is 0.353 e. The maximum absolute atomic E-state index is 13.0. The third kappa shape index (κ3) is 5.35. The van der Waals surface area contributed by atoms with Crippen LogP contribution in [-0.4, -0.2) is 43.7 Å². The molecular formula is C10H16F4O5S. The van der Waals surface area contributed by atoms with Crippen LogP contribution in [0.25, 0.3) is 0 Å². The van der Waals surface area contributed by atoms with Crippen molar-refractivity contribution in [3.05, 3.63) is 12.2 Å². The highest BCUT2D eigenvalue weighted by molar-refractivity contribution is 7.87. The number of halogens is 4. The molecule has 1 N–H and O–H groups in total. The Balaban J connectivity index is 4.41. The summed E-state index contributed by atoms with van der Waals surface area (Å²) in [6, 6.07) is 0. The highest BCUT2D eigenvalue weighted by Gasteiger charge is 2.65. The lowest BCUT2D eigenvalue weighted by molar-refractivity contribution is -0.187. The van der Waals surface area contributed by atoms with Gasteiger partial charge in [-0.25, -0.2) is 0 Å². The molecule has 0 spiro atoms. The number of hydrogen-bond acceptors (Lipinski definition) is 4. The molecular weight excluding hydrogens is 308 g/mol. The minimum Gasteiger partial charge on any atom is -0.353 e. The van der Waals surface area contributed by atoms with Crippen molar-refractivity contribution in [2.45, 2.75) is 37.7 Å². The normalized spacial score (nSPS) is 15.2. The van der Waals surface area contributed by atoms with Crippen molar-refractivity contribution in [2.75, 3.05) is 13.2 Å². The van der Waals surface area contributed by atoms with Crippen LogP contribution in [0.15, 0.2) is 12.2 Å². The summed E-state index contributed by atoms with van der Waals surface area (Å²) in [4.78, 5) is 0. The van der Waals surface area contributed by atoms with Crippen LogP contribution in [0.5, 0.6) is 0 Å². The molecule has 0 aliphatic heterocycles. The fourth-order valence-corrected chi connectivity index (χ4v) is 1.47. The van der Waals surface area contributed by atoms with Crippen molar-refractivity contribution in [1.29, 1.82) is 0 Å². The fourth-order valence-electron chi connectivity index (χ4n) is 0.995. The van der Waals surface area contributed by atoms with Gasteiger partial charge in [-0.15, -0.1) is 0 Å². The van der Waals surface area contributed by atoms with Gasteiger partial charge >= 0.3 is 21.3 Å². The number of rotatable bonds is 9. The molecule has 1 atom stereocenters. The lowest BCUT2D eigenvalue weighted by Gasteiger charge is -2.24. The second-order valence-corrected chi connectivity index (χ2v) is 5.62. The first-order chi connectivity index (χ1) is 8.81. The van der Waals surface area contributed by atoms with E-state index in [2.05, 4.69) is 11.3 Å².